The molecular formula is C14H12F3NO2. The van der Waals surface area contributed by atoms with Crippen LogP contribution in [-0.2, 0) is 6.18 Å². The molecule has 2 rings (SSSR count). The second-order valence-electron chi connectivity index (χ2n) is 4.00. The van der Waals surface area contributed by atoms with E-state index in [1.165, 1.54) is 19.2 Å². The summed E-state index contributed by atoms with van der Waals surface area (Å²) in [5, 5.41) is 0. The van der Waals surface area contributed by atoms with Crippen LogP contribution < -0.4 is 15.2 Å². The molecule has 0 amide bonds. The average Bonchev–Trinajstić information content (AvgIpc) is 2.40. The van der Waals surface area contributed by atoms with Crippen molar-refractivity contribution in [3.8, 4) is 17.2 Å². The number of hydrogen-bond donors (Lipinski definition) is 1. The van der Waals surface area contributed by atoms with E-state index in [2.05, 4.69) is 0 Å². The van der Waals surface area contributed by atoms with Gasteiger partial charge in [0.05, 0.1) is 12.7 Å². The van der Waals surface area contributed by atoms with Gasteiger partial charge in [0.1, 0.15) is 17.2 Å². The van der Waals surface area contributed by atoms with Crippen LogP contribution in [0.3, 0.4) is 0 Å². The Balaban J connectivity index is 2.31. The molecule has 0 saturated heterocycles. The number of anilines is 1. The SMILES string of the molecule is COc1cccc(Oc2cccc(C(F)(F)F)c2)c1N. The first-order valence-corrected chi connectivity index (χ1v) is 5.69. The van der Waals surface area contributed by atoms with Crippen LogP contribution in [0.25, 0.3) is 0 Å². The van der Waals surface area contributed by atoms with Gasteiger partial charge in [0.15, 0.2) is 5.75 Å². The highest BCUT2D eigenvalue weighted by Crippen LogP contribution is 2.36. The van der Waals surface area contributed by atoms with Crippen molar-refractivity contribution in [1.29, 1.82) is 0 Å². The molecule has 0 radical (unpaired) electrons. The van der Waals surface area contributed by atoms with Gasteiger partial charge in [-0.15, -0.1) is 0 Å². The van der Waals surface area contributed by atoms with Crippen LogP contribution >= 0.6 is 0 Å². The number of halogens is 3. The summed E-state index contributed by atoms with van der Waals surface area (Å²) in [7, 11) is 1.44. The van der Waals surface area contributed by atoms with Gasteiger partial charge in [-0.25, -0.2) is 0 Å². The van der Waals surface area contributed by atoms with Crippen molar-refractivity contribution in [2.75, 3.05) is 12.8 Å². The minimum Gasteiger partial charge on any atom is -0.494 e. The van der Waals surface area contributed by atoms with E-state index >= 15 is 0 Å². The summed E-state index contributed by atoms with van der Waals surface area (Å²) in [6, 6.07) is 9.41. The Kier molecular flexibility index (Phi) is 3.74. The predicted octanol–water partition coefficient (Wildman–Crippen LogP) is 4.09. The fourth-order valence-corrected chi connectivity index (χ4v) is 1.65. The summed E-state index contributed by atoms with van der Waals surface area (Å²) in [6.45, 7) is 0. The molecule has 2 aromatic rings. The van der Waals surface area contributed by atoms with Gasteiger partial charge in [0.2, 0.25) is 0 Å². The molecule has 0 aliphatic heterocycles. The first-order chi connectivity index (χ1) is 9.41. The summed E-state index contributed by atoms with van der Waals surface area (Å²) in [5.41, 5.74) is 5.24. The molecular weight excluding hydrogens is 271 g/mol. The number of benzene rings is 2. The Morgan fingerprint density at radius 2 is 1.65 bits per heavy atom. The summed E-state index contributed by atoms with van der Waals surface area (Å²) < 4.78 is 48.2. The molecule has 20 heavy (non-hydrogen) atoms. The van der Waals surface area contributed by atoms with Gasteiger partial charge in [-0.3, -0.25) is 0 Å². The molecule has 0 aliphatic rings. The van der Waals surface area contributed by atoms with Crippen LogP contribution in [0, 0.1) is 0 Å². The molecule has 0 fully saturated rings. The van der Waals surface area contributed by atoms with E-state index in [0.717, 1.165) is 12.1 Å². The summed E-state index contributed by atoms with van der Waals surface area (Å²) >= 11 is 0. The summed E-state index contributed by atoms with van der Waals surface area (Å²) in [5.74, 6) is 0.693. The van der Waals surface area contributed by atoms with Crippen molar-refractivity contribution >= 4 is 5.69 Å². The van der Waals surface area contributed by atoms with Crippen LogP contribution in [0.1, 0.15) is 5.56 Å². The van der Waals surface area contributed by atoms with Crippen molar-refractivity contribution in [3.05, 3.63) is 48.0 Å². The molecule has 0 spiro atoms. The predicted molar refractivity (Wildman–Crippen MR) is 68.9 cm³/mol. The lowest BCUT2D eigenvalue weighted by atomic mass is 10.2. The standard InChI is InChI=1S/C14H12F3NO2/c1-19-11-6-3-7-12(13(11)18)20-10-5-2-4-9(8-10)14(15,16)17/h2-8H,18H2,1H3. The molecule has 0 bridgehead atoms. The molecule has 0 aromatic heterocycles. The lowest BCUT2D eigenvalue weighted by Crippen LogP contribution is -2.04. The highest BCUT2D eigenvalue weighted by molar-refractivity contribution is 5.63. The molecule has 0 heterocycles. The second-order valence-corrected chi connectivity index (χ2v) is 4.00. The van der Waals surface area contributed by atoms with E-state index < -0.39 is 11.7 Å². The fourth-order valence-electron chi connectivity index (χ4n) is 1.65. The Morgan fingerprint density at radius 3 is 2.30 bits per heavy atom. The molecule has 0 saturated carbocycles. The van der Waals surface area contributed by atoms with Gasteiger partial charge in [0, 0.05) is 0 Å². The van der Waals surface area contributed by atoms with Gasteiger partial charge in [-0.2, -0.15) is 13.2 Å². The summed E-state index contributed by atoms with van der Waals surface area (Å²) in [4.78, 5) is 0. The zero-order valence-electron chi connectivity index (χ0n) is 10.6. The van der Waals surface area contributed by atoms with Gasteiger partial charge < -0.3 is 15.2 Å². The molecule has 6 heteroatoms. The van der Waals surface area contributed by atoms with E-state index in [0.29, 0.717) is 5.75 Å². The Labute approximate surface area is 113 Å². The first-order valence-electron chi connectivity index (χ1n) is 5.69. The molecule has 0 aliphatic carbocycles. The van der Waals surface area contributed by atoms with Gasteiger partial charge in [0.25, 0.3) is 0 Å². The van der Waals surface area contributed by atoms with Crippen LogP contribution in [0.5, 0.6) is 17.2 Å². The van der Waals surface area contributed by atoms with Gasteiger partial charge in [-0.05, 0) is 30.3 Å². The van der Waals surface area contributed by atoms with E-state index in [1.807, 2.05) is 0 Å². The van der Waals surface area contributed by atoms with Crippen molar-refractivity contribution in [2.24, 2.45) is 0 Å². The van der Waals surface area contributed by atoms with E-state index in [9.17, 15) is 13.2 Å². The Morgan fingerprint density at radius 1 is 1.00 bits per heavy atom. The van der Waals surface area contributed by atoms with E-state index in [-0.39, 0.29) is 17.2 Å². The lowest BCUT2D eigenvalue weighted by molar-refractivity contribution is -0.137. The molecule has 2 N–H and O–H groups in total. The molecule has 3 nitrogen and oxygen atoms in total. The van der Waals surface area contributed by atoms with Gasteiger partial charge >= 0.3 is 6.18 Å². The normalized spacial score (nSPS) is 11.2. The van der Waals surface area contributed by atoms with Crippen LogP contribution in [0.2, 0.25) is 0 Å². The monoisotopic (exact) mass is 283 g/mol. The number of rotatable bonds is 3. The largest absolute Gasteiger partial charge is 0.494 e. The highest BCUT2D eigenvalue weighted by Gasteiger charge is 2.30. The maximum absolute atomic E-state index is 12.6. The van der Waals surface area contributed by atoms with Crippen LogP contribution in [0.15, 0.2) is 42.5 Å². The first kappa shape index (κ1) is 14.0. The highest BCUT2D eigenvalue weighted by atomic mass is 19.4. The number of alkyl halides is 3. The Hall–Kier alpha value is -2.37. The van der Waals surface area contributed by atoms with Crippen molar-refractivity contribution in [3.63, 3.8) is 0 Å². The van der Waals surface area contributed by atoms with E-state index in [1.54, 1.807) is 18.2 Å². The van der Waals surface area contributed by atoms with E-state index in [4.69, 9.17) is 15.2 Å². The number of para-hydroxylation sites is 1. The third-order valence-corrected chi connectivity index (χ3v) is 2.64. The zero-order chi connectivity index (χ0) is 14.8. The fraction of sp³-hybridized carbons (Fsp3) is 0.143. The Bertz CT molecular complexity index is 612. The molecule has 0 atom stereocenters. The quantitative estimate of drug-likeness (QED) is 0.863. The number of nitrogens with two attached hydrogens (primary N) is 1. The maximum Gasteiger partial charge on any atom is 0.416 e. The number of ether oxygens (including phenoxy) is 2. The third-order valence-electron chi connectivity index (χ3n) is 2.64. The smallest absolute Gasteiger partial charge is 0.416 e. The topological polar surface area (TPSA) is 44.5 Å². The zero-order valence-corrected chi connectivity index (χ0v) is 10.6. The van der Waals surface area contributed by atoms with Crippen molar-refractivity contribution in [1.82, 2.24) is 0 Å². The molecule has 2 aromatic carbocycles. The third kappa shape index (κ3) is 2.96. The average molecular weight is 283 g/mol. The minimum absolute atomic E-state index is 0.0554. The van der Waals surface area contributed by atoms with Crippen LogP contribution in [0.4, 0.5) is 18.9 Å². The van der Waals surface area contributed by atoms with Crippen molar-refractivity contribution in [2.45, 2.75) is 6.18 Å². The van der Waals surface area contributed by atoms with Crippen LogP contribution in [-0.4, -0.2) is 7.11 Å². The second kappa shape index (κ2) is 5.32. The van der Waals surface area contributed by atoms with Crippen molar-refractivity contribution < 1.29 is 22.6 Å². The number of methoxy groups -OCH3 is 1. The summed E-state index contributed by atoms with van der Waals surface area (Å²) in [6.07, 6.45) is -4.42. The number of hydrogen-bond acceptors (Lipinski definition) is 3. The molecule has 0 unspecified atom stereocenters. The lowest BCUT2D eigenvalue weighted by Gasteiger charge is -2.12. The van der Waals surface area contributed by atoms with Gasteiger partial charge in [-0.1, -0.05) is 12.1 Å². The maximum atomic E-state index is 12.6. The minimum atomic E-state index is -4.42. The number of nitrogen functional groups attached to an aromatic ring is 1. The molecule has 106 valence electrons.